The highest BCUT2D eigenvalue weighted by Crippen LogP contribution is 2.26. The number of amides is 1. The fourth-order valence-electron chi connectivity index (χ4n) is 1.53. The Morgan fingerprint density at radius 2 is 2.22 bits per heavy atom. The molecule has 0 radical (unpaired) electrons. The first-order valence-corrected chi connectivity index (χ1v) is 5.30. The van der Waals surface area contributed by atoms with Crippen LogP contribution in [0, 0.1) is 10.1 Å². The highest BCUT2D eigenvalue weighted by molar-refractivity contribution is 5.75. The van der Waals surface area contributed by atoms with Crippen LogP contribution in [0.5, 0.6) is 5.75 Å². The van der Waals surface area contributed by atoms with Gasteiger partial charge in [0.05, 0.1) is 18.1 Å². The van der Waals surface area contributed by atoms with Crippen LogP contribution in [0.2, 0.25) is 0 Å². The summed E-state index contributed by atoms with van der Waals surface area (Å²) in [4.78, 5) is 21.0. The van der Waals surface area contributed by atoms with Crippen molar-refractivity contribution in [2.45, 2.75) is 19.4 Å². The molecule has 1 amide bonds. The summed E-state index contributed by atoms with van der Waals surface area (Å²) in [6.07, 6.45) is 0.144. The van der Waals surface area contributed by atoms with Gasteiger partial charge in [-0.25, -0.2) is 0 Å². The summed E-state index contributed by atoms with van der Waals surface area (Å²) < 4.78 is 4.97. The number of methoxy groups -OCH3 is 1. The summed E-state index contributed by atoms with van der Waals surface area (Å²) >= 11 is 0. The third kappa shape index (κ3) is 3.93. The van der Waals surface area contributed by atoms with Crippen molar-refractivity contribution in [1.82, 2.24) is 0 Å². The number of nitro benzene ring substituents is 1. The second-order valence-corrected chi connectivity index (χ2v) is 3.89. The van der Waals surface area contributed by atoms with Crippen LogP contribution < -0.4 is 15.8 Å². The van der Waals surface area contributed by atoms with E-state index < -0.39 is 10.8 Å². The smallest absolute Gasteiger partial charge is 0.275 e. The Bertz CT molecular complexity index is 462. The van der Waals surface area contributed by atoms with Crippen LogP contribution in [0.1, 0.15) is 13.3 Å². The van der Waals surface area contributed by atoms with E-state index in [2.05, 4.69) is 5.32 Å². The van der Waals surface area contributed by atoms with Crippen LogP contribution in [-0.2, 0) is 4.79 Å². The van der Waals surface area contributed by atoms with Crippen molar-refractivity contribution in [2.24, 2.45) is 5.73 Å². The zero-order chi connectivity index (χ0) is 13.7. The van der Waals surface area contributed by atoms with Gasteiger partial charge in [-0.2, -0.15) is 0 Å². The second-order valence-electron chi connectivity index (χ2n) is 3.89. The van der Waals surface area contributed by atoms with Gasteiger partial charge in [-0.05, 0) is 6.92 Å². The first-order valence-electron chi connectivity index (χ1n) is 5.30. The third-order valence-electron chi connectivity index (χ3n) is 2.26. The number of nitrogens with one attached hydrogen (secondary N) is 1. The molecule has 18 heavy (non-hydrogen) atoms. The monoisotopic (exact) mass is 253 g/mol. The maximum atomic E-state index is 10.7. The fourth-order valence-corrected chi connectivity index (χ4v) is 1.53. The maximum Gasteiger partial charge on any atom is 0.275 e. The predicted octanol–water partition coefficient (Wildman–Crippen LogP) is 1.28. The van der Waals surface area contributed by atoms with E-state index in [4.69, 9.17) is 10.5 Å². The molecule has 0 aromatic heterocycles. The van der Waals surface area contributed by atoms with Crippen molar-refractivity contribution in [2.75, 3.05) is 12.4 Å². The van der Waals surface area contributed by atoms with Gasteiger partial charge >= 0.3 is 0 Å². The summed E-state index contributed by atoms with van der Waals surface area (Å²) in [6.45, 7) is 1.76. The summed E-state index contributed by atoms with van der Waals surface area (Å²) in [5.41, 5.74) is 5.50. The Morgan fingerprint density at radius 1 is 1.56 bits per heavy atom. The van der Waals surface area contributed by atoms with Crippen molar-refractivity contribution in [1.29, 1.82) is 0 Å². The Hall–Kier alpha value is -2.31. The number of non-ortho nitro benzene ring substituents is 1. The van der Waals surface area contributed by atoms with E-state index in [-0.39, 0.29) is 18.2 Å². The van der Waals surface area contributed by atoms with Crippen molar-refractivity contribution >= 4 is 17.3 Å². The molecule has 0 aliphatic rings. The predicted molar refractivity (Wildman–Crippen MR) is 66.5 cm³/mol. The molecule has 1 aromatic rings. The molecule has 0 spiro atoms. The molecule has 3 N–H and O–H groups in total. The van der Waals surface area contributed by atoms with Gasteiger partial charge in [0.2, 0.25) is 5.91 Å². The Morgan fingerprint density at radius 3 is 2.72 bits per heavy atom. The molecule has 0 aliphatic heterocycles. The van der Waals surface area contributed by atoms with Gasteiger partial charge in [0, 0.05) is 30.3 Å². The lowest BCUT2D eigenvalue weighted by Gasteiger charge is -2.14. The van der Waals surface area contributed by atoms with Gasteiger partial charge in [0.15, 0.2) is 0 Å². The molecule has 1 atom stereocenters. The molecule has 98 valence electrons. The Labute approximate surface area is 104 Å². The first-order chi connectivity index (χ1) is 8.42. The maximum absolute atomic E-state index is 10.7. The van der Waals surface area contributed by atoms with Crippen LogP contribution >= 0.6 is 0 Å². The second kappa shape index (κ2) is 5.85. The average molecular weight is 253 g/mol. The number of hydrogen-bond acceptors (Lipinski definition) is 5. The molecule has 7 heteroatoms. The molecule has 0 bridgehead atoms. The molecule has 1 aromatic carbocycles. The van der Waals surface area contributed by atoms with Crippen LogP contribution in [0.4, 0.5) is 11.4 Å². The largest absolute Gasteiger partial charge is 0.496 e. The van der Waals surface area contributed by atoms with Gasteiger partial charge in [-0.3, -0.25) is 14.9 Å². The topological polar surface area (TPSA) is 107 Å². The number of nitro groups is 1. The fraction of sp³-hybridized carbons (Fsp3) is 0.364. The molecule has 0 saturated carbocycles. The van der Waals surface area contributed by atoms with Gasteiger partial charge in [-0.1, -0.05) is 0 Å². The summed E-state index contributed by atoms with van der Waals surface area (Å²) in [6, 6.07) is 4.10. The van der Waals surface area contributed by atoms with E-state index in [1.807, 2.05) is 0 Å². The Kier molecular flexibility index (Phi) is 4.47. The molecule has 0 fully saturated rings. The van der Waals surface area contributed by atoms with Crippen LogP contribution in [0.15, 0.2) is 18.2 Å². The molecule has 0 heterocycles. The quantitative estimate of drug-likeness (QED) is 0.586. The number of nitrogens with two attached hydrogens (primary N) is 1. The minimum Gasteiger partial charge on any atom is -0.496 e. The number of benzene rings is 1. The van der Waals surface area contributed by atoms with Crippen LogP contribution in [-0.4, -0.2) is 24.0 Å². The average Bonchev–Trinajstić information content (AvgIpc) is 2.27. The molecule has 0 aliphatic carbocycles. The van der Waals surface area contributed by atoms with E-state index in [0.717, 1.165) is 0 Å². The van der Waals surface area contributed by atoms with Crippen molar-refractivity contribution < 1.29 is 14.5 Å². The normalized spacial score (nSPS) is 11.7. The number of hydrogen-bond donors (Lipinski definition) is 2. The zero-order valence-corrected chi connectivity index (χ0v) is 10.2. The van der Waals surface area contributed by atoms with E-state index in [0.29, 0.717) is 11.4 Å². The zero-order valence-electron chi connectivity index (χ0n) is 10.2. The van der Waals surface area contributed by atoms with E-state index in [1.165, 1.54) is 19.2 Å². The molecule has 1 unspecified atom stereocenters. The molecule has 1 rings (SSSR count). The van der Waals surface area contributed by atoms with Crippen LogP contribution in [0.3, 0.4) is 0 Å². The number of rotatable bonds is 6. The number of ether oxygens (including phenoxy) is 1. The number of primary amides is 1. The molecule has 0 saturated heterocycles. The van der Waals surface area contributed by atoms with E-state index >= 15 is 0 Å². The standard InChI is InChI=1S/C11H15N3O4/c1-7(3-11(12)15)13-8-4-9(14(16)17)6-10(5-8)18-2/h4-7,13H,3H2,1-2H3,(H2,12,15). The summed E-state index contributed by atoms with van der Waals surface area (Å²) in [5.74, 6) is -0.0645. The van der Waals surface area contributed by atoms with E-state index in [1.54, 1.807) is 13.0 Å². The van der Waals surface area contributed by atoms with Gasteiger partial charge in [0.1, 0.15) is 5.75 Å². The SMILES string of the molecule is COc1cc(NC(C)CC(N)=O)cc([N+](=O)[O-])c1. The summed E-state index contributed by atoms with van der Waals surface area (Å²) in [5, 5.41) is 13.7. The molecular formula is C11H15N3O4. The number of carbonyl (C=O) groups excluding carboxylic acids is 1. The molecule has 7 nitrogen and oxygen atoms in total. The lowest BCUT2D eigenvalue weighted by molar-refractivity contribution is -0.384. The number of carbonyl (C=O) groups is 1. The van der Waals surface area contributed by atoms with Crippen LogP contribution in [0.25, 0.3) is 0 Å². The molecular weight excluding hydrogens is 238 g/mol. The minimum atomic E-state index is -0.507. The highest BCUT2D eigenvalue weighted by Gasteiger charge is 2.12. The minimum absolute atomic E-state index is 0.0804. The van der Waals surface area contributed by atoms with Gasteiger partial charge in [0.25, 0.3) is 5.69 Å². The third-order valence-corrected chi connectivity index (χ3v) is 2.26. The lowest BCUT2D eigenvalue weighted by Crippen LogP contribution is -2.24. The Balaban J connectivity index is 2.90. The van der Waals surface area contributed by atoms with E-state index in [9.17, 15) is 14.9 Å². The first kappa shape index (κ1) is 13.8. The van der Waals surface area contributed by atoms with Crippen molar-refractivity contribution in [3.8, 4) is 5.75 Å². The number of nitrogens with zero attached hydrogens (tertiary/aromatic N) is 1. The number of anilines is 1. The van der Waals surface area contributed by atoms with Crippen molar-refractivity contribution in [3.63, 3.8) is 0 Å². The van der Waals surface area contributed by atoms with Gasteiger partial charge < -0.3 is 15.8 Å². The van der Waals surface area contributed by atoms with Gasteiger partial charge in [-0.15, -0.1) is 0 Å². The van der Waals surface area contributed by atoms with Crippen molar-refractivity contribution in [3.05, 3.63) is 28.3 Å². The summed E-state index contributed by atoms with van der Waals surface area (Å²) in [7, 11) is 1.43. The lowest BCUT2D eigenvalue weighted by atomic mass is 10.2. The highest BCUT2D eigenvalue weighted by atomic mass is 16.6.